The van der Waals surface area contributed by atoms with Crippen LogP contribution in [0, 0.1) is 0 Å². The van der Waals surface area contributed by atoms with Crippen LogP contribution in [0.5, 0.6) is 0 Å². The van der Waals surface area contributed by atoms with E-state index in [0.29, 0.717) is 30.6 Å². The Morgan fingerprint density at radius 3 is 2.19 bits per heavy atom. The number of nitrogens with one attached hydrogen (secondary N) is 1. The van der Waals surface area contributed by atoms with E-state index in [-0.39, 0.29) is 0 Å². The molecular weight excluding hydrogens is 346 g/mol. The van der Waals surface area contributed by atoms with Crippen LogP contribution in [0.3, 0.4) is 0 Å². The topological polar surface area (TPSA) is 117 Å². The van der Waals surface area contributed by atoms with E-state index in [9.17, 15) is 9.59 Å². The van der Waals surface area contributed by atoms with Crippen molar-refractivity contribution in [3.8, 4) is 0 Å². The molecule has 0 spiro atoms. The summed E-state index contributed by atoms with van der Waals surface area (Å²) in [5.41, 5.74) is 12.7. The standard InChI is InChI=1S/C20H33N3O4/c1-19(2,3)26-17(24)16(23-18(25)27-20(4,5)6)9-7-8-13-12-14(21)10-11-15(13)22/h10-12,16H,7-9,21-22H2,1-6H3,(H,23,25). The highest BCUT2D eigenvalue weighted by atomic mass is 16.6. The fourth-order valence-corrected chi connectivity index (χ4v) is 2.41. The largest absolute Gasteiger partial charge is 0.458 e. The van der Waals surface area contributed by atoms with E-state index < -0.39 is 29.3 Å². The third-order valence-electron chi connectivity index (χ3n) is 3.49. The number of hydrogen-bond acceptors (Lipinski definition) is 6. The molecule has 0 heterocycles. The number of amides is 1. The van der Waals surface area contributed by atoms with Gasteiger partial charge in [-0.3, -0.25) is 0 Å². The van der Waals surface area contributed by atoms with Gasteiger partial charge in [-0.05, 0) is 84.6 Å². The summed E-state index contributed by atoms with van der Waals surface area (Å²) in [6.07, 6.45) is 0.990. The molecule has 1 aromatic rings. The second-order valence-electron chi connectivity index (χ2n) is 8.58. The number of carbonyl (C=O) groups excluding carboxylic acids is 2. The lowest BCUT2D eigenvalue weighted by molar-refractivity contribution is -0.157. The lowest BCUT2D eigenvalue weighted by Gasteiger charge is -2.26. The Balaban J connectivity index is 2.76. The van der Waals surface area contributed by atoms with Gasteiger partial charge in [-0.15, -0.1) is 0 Å². The molecule has 27 heavy (non-hydrogen) atoms. The van der Waals surface area contributed by atoms with Crippen LogP contribution in [-0.4, -0.2) is 29.3 Å². The molecule has 0 bridgehead atoms. The van der Waals surface area contributed by atoms with E-state index in [0.717, 1.165) is 5.56 Å². The smallest absolute Gasteiger partial charge is 0.408 e. The van der Waals surface area contributed by atoms with Crippen molar-refractivity contribution in [3.63, 3.8) is 0 Å². The van der Waals surface area contributed by atoms with Crippen LogP contribution in [0.2, 0.25) is 0 Å². The molecule has 0 aromatic heterocycles. The minimum Gasteiger partial charge on any atom is -0.458 e. The Morgan fingerprint density at radius 1 is 1.04 bits per heavy atom. The summed E-state index contributed by atoms with van der Waals surface area (Å²) < 4.78 is 10.7. The Labute approximate surface area is 161 Å². The minimum absolute atomic E-state index is 0.391. The molecule has 1 aromatic carbocycles. The predicted octanol–water partition coefficient (Wildman–Crippen LogP) is 3.41. The van der Waals surface area contributed by atoms with Gasteiger partial charge in [0.25, 0.3) is 0 Å². The zero-order chi connectivity index (χ0) is 20.8. The maximum atomic E-state index is 12.5. The van der Waals surface area contributed by atoms with E-state index in [1.807, 2.05) is 6.07 Å². The van der Waals surface area contributed by atoms with E-state index in [2.05, 4.69) is 5.32 Å². The highest BCUT2D eigenvalue weighted by molar-refractivity contribution is 5.81. The van der Waals surface area contributed by atoms with Gasteiger partial charge in [0, 0.05) is 11.4 Å². The first-order valence-corrected chi connectivity index (χ1v) is 9.13. The van der Waals surface area contributed by atoms with Crippen LogP contribution in [-0.2, 0) is 20.7 Å². The minimum atomic E-state index is -0.804. The quantitative estimate of drug-likeness (QED) is 0.515. The summed E-state index contributed by atoms with van der Waals surface area (Å²) in [6, 6.07) is 4.52. The summed E-state index contributed by atoms with van der Waals surface area (Å²) >= 11 is 0. The highest BCUT2D eigenvalue weighted by Gasteiger charge is 2.28. The van der Waals surface area contributed by atoms with Crippen molar-refractivity contribution >= 4 is 23.4 Å². The second-order valence-corrected chi connectivity index (χ2v) is 8.58. The number of nitrogen functional groups attached to an aromatic ring is 2. The molecule has 0 fully saturated rings. The molecule has 0 aliphatic heterocycles. The Kier molecular flexibility index (Phi) is 7.51. The summed E-state index contributed by atoms with van der Waals surface area (Å²) in [5, 5.41) is 2.62. The molecular formula is C20H33N3O4. The normalized spacial score (nSPS) is 13.0. The molecule has 1 unspecified atom stereocenters. The van der Waals surface area contributed by atoms with E-state index in [1.54, 1.807) is 53.7 Å². The lowest BCUT2D eigenvalue weighted by Crippen LogP contribution is -2.46. The maximum absolute atomic E-state index is 12.5. The summed E-state index contributed by atoms with van der Waals surface area (Å²) in [7, 11) is 0. The van der Waals surface area contributed by atoms with E-state index in [1.165, 1.54) is 0 Å². The number of benzene rings is 1. The number of nitrogens with two attached hydrogens (primary N) is 2. The van der Waals surface area contributed by atoms with Crippen LogP contribution in [0.25, 0.3) is 0 Å². The van der Waals surface area contributed by atoms with Gasteiger partial charge in [0.05, 0.1) is 0 Å². The van der Waals surface area contributed by atoms with Crippen molar-refractivity contribution in [2.45, 2.75) is 78.0 Å². The monoisotopic (exact) mass is 379 g/mol. The molecule has 0 aliphatic carbocycles. The average Bonchev–Trinajstić information content (AvgIpc) is 2.46. The number of alkyl carbamates (subject to hydrolysis) is 1. The van der Waals surface area contributed by atoms with Crippen molar-refractivity contribution in [3.05, 3.63) is 23.8 Å². The van der Waals surface area contributed by atoms with Crippen molar-refractivity contribution in [2.24, 2.45) is 0 Å². The van der Waals surface area contributed by atoms with Crippen LogP contribution < -0.4 is 16.8 Å². The van der Waals surface area contributed by atoms with Gasteiger partial charge in [0.2, 0.25) is 0 Å². The number of aryl methyl sites for hydroxylation is 1. The third kappa shape index (κ3) is 9.17. The lowest BCUT2D eigenvalue weighted by atomic mass is 10.0. The van der Waals surface area contributed by atoms with Crippen LogP contribution in [0.4, 0.5) is 16.2 Å². The van der Waals surface area contributed by atoms with Crippen molar-refractivity contribution in [2.75, 3.05) is 11.5 Å². The maximum Gasteiger partial charge on any atom is 0.408 e. The SMILES string of the molecule is CC(C)(C)OC(=O)NC(CCCc1cc(N)ccc1N)C(=O)OC(C)(C)C. The fraction of sp³-hybridized carbons (Fsp3) is 0.600. The van der Waals surface area contributed by atoms with Gasteiger partial charge >= 0.3 is 12.1 Å². The molecule has 5 N–H and O–H groups in total. The van der Waals surface area contributed by atoms with Gasteiger partial charge in [0.1, 0.15) is 17.2 Å². The molecule has 152 valence electrons. The van der Waals surface area contributed by atoms with Crippen molar-refractivity contribution in [1.82, 2.24) is 5.32 Å². The van der Waals surface area contributed by atoms with Gasteiger partial charge in [0.15, 0.2) is 0 Å². The summed E-state index contributed by atoms with van der Waals surface area (Å²) in [5.74, 6) is -0.492. The first kappa shape index (κ1) is 22.6. The number of esters is 1. The third-order valence-corrected chi connectivity index (χ3v) is 3.49. The zero-order valence-corrected chi connectivity index (χ0v) is 17.2. The molecule has 0 saturated heterocycles. The van der Waals surface area contributed by atoms with Crippen molar-refractivity contribution in [1.29, 1.82) is 0 Å². The summed E-state index contributed by atoms with van der Waals surface area (Å²) in [4.78, 5) is 24.6. The van der Waals surface area contributed by atoms with Gasteiger partial charge in [-0.1, -0.05) is 0 Å². The van der Waals surface area contributed by atoms with E-state index >= 15 is 0 Å². The van der Waals surface area contributed by atoms with Crippen LogP contribution in [0.1, 0.15) is 59.9 Å². The molecule has 7 heteroatoms. The molecule has 0 aliphatic rings. The zero-order valence-electron chi connectivity index (χ0n) is 17.2. The Bertz CT molecular complexity index is 660. The van der Waals surface area contributed by atoms with Gasteiger partial charge in [-0.2, -0.15) is 0 Å². The van der Waals surface area contributed by atoms with Crippen LogP contribution >= 0.6 is 0 Å². The van der Waals surface area contributed by atoms with Gasteiger partial charge in [-0.25, -0.2) is 9.59 Å². The number of ether oxygens (including phenoxy) is 2. The number of hydrogen-bond donors (Lipinski definition) is 3. The molecule has 1 amide bonds. The predicted molar refractivity (Wildman–Crippen MR) is 107 cm³/mol. The van der Waals surface area contributed by atoms with E-state index in [4.69, 9.17) is 20.9 Å². The Morgan fingerprint density at radius 2 is 1.63 bits per heavy atom. The van der Waals surface area contributed by atoms with Crippen LogP contribution in [0.15, 0.2) is 18.2 Å². The number of rotatable bonds is 6. The van der Waals surface area contributed by atoms with Crippen molar-refractivity contribution < 1.29 is 19.1 Å². The number of carbonyl (C=O) groups is 2. The Hall–Kier alpha value is -2.44. The molecule has 7 nitrogen and oxygen atoms in total. The highest BCUT2D eigenvalue weighted by Crippen LogP contribution is 2.19. The first-order valence-electron chi connectivity index (χ1n) is 9.13. The second kappa shape index (κ2) is 8.97. The summed E-state index contributed by atoms with van der Waals surface area (Å²) in [6.45, 7) is 10.6. The fourth-order valence-electron chi connectivity index (χ4n) is 2.41. The molecule has 0 saturated carbocycles. The molecule has 1 atom stereocenters. The van der Waals surface area contributed by atoms with Gasteiger partial charge < -0.3 is 26.3 Å². The molecule has 0 radical (unpaired) electrons. The molecule has 1 rings (SSSR count). The number of anilines is 2. The first-order chi connectivity index (χ1) is 12.3. The average molecular weight is 380 g/mol.